The Labute approximate surface area is 128 Å². The Morgan fingerprint density at radius 3 is 2.43 bits per heavy atom. The Morgan fingerprint density at radius 2 is 1.95 bits per heavy atom. The summed E-state index contributed by atoms with van der Waals surface area (Å²) in [7, 11) is 0. The van der Waals surface area contributed by atoms with E-state index in [9.17, 15) is 13.2 Å². The van der Waals surface area contributed by atoms with Crippen molar-refractivity contribution < 1.29 is 13.2 Å². The maximum Gasteiger partial charge on any atom is 0.390 e. The molecule has 1 N–H and O–H groups in total. The molecule has 3 nitrogen and oxygen atoms in total. The van der Waals surface area contributed by atoms with Crippen molar-refractivity contribution in [1.29, 1.82) is 0 Å². The van der Waals surface area contributed by atoms with Gasteiger partial charge in [-0.2, -0.15) is 18.3 Å². The number of aromatic nitrogens is 2. The Hall–Kier alpha value is -0.750. The van der Waals surface area contributed by atoms with Crippen LogP contribution in [0.1, 0.15) is 45.0 Å². The van der Waals surface area contributed by atoms with Gasteiger partial charge in [-0.15, -0.1) is 0 Å². The van der Waals surface area contributed by atoms with Crippen molar-refractivity contribution in [2.24, 2.45) is 0 Å². The highest BCUT2D eigenvalue weighted by molar-refractivity contribution is 6.31. The van der Waals surface area contributed by atoms with E-state index in [1.807, 2.05) is 20.8 Å². The van der Waals surface area contributed by atoms with Gasteiger partial charge in [-0.05, 0) is 26.3 Å². The van der Waals surface area contributed by atoms with E-state index in [2.05, 4.69) is 10.4 Å². The van der Waals surface area contributed by atoms with Crippen molar-refractivity contribution in [2.75, 3.05) is 6.54 Å². The zero-order valence-corrected chi connectivity index (χ0v) is 13.5. The first-order valence-electron chi connectivity index (χ1n) is 7.36. The van der Waals surface area contributed by atoms with Gasteiger partial charge in [0.2, 0.25) is 0 Å². The highest BCUT2D eigenvalue weighted by Gasteiger charge is 2.32. The molecule has 0 saturated carbocycles. The minimum absolute atomic E-state index is 0.235. The molecule has 0 aliphatic carbocycles. The molecule has 0 aliphatic heterocycles. The van der Waals surface area contributed by atoms with Gasteiger partial charge >= 0.3 is 6.18 Å². The summed E-state index contributed by atoms with van der Waals surface area (Å²) in [5, 5.41) is 7.82. The Morgan fingerprint density at radius 1 is 1.29 bits per heavy atom. The molecule has 21 heavy (non-hydrogen) atoms. The summed E-state index contributed by atoms with van der Waals surface area (Å²) in [6, 6.07) is -0.672. The zero-order valence-electron chi connectivity index (χ0n) is 12.7. The summed E-state index contributed by atoms with van der Waals surface area (Å²) in [4.78, 5) is 0. The minimum atomic E-state index is -4.19. The predicted molar refractivity (Wildman–Crippen MR) is 78.7 cm³/mol. The van der Waals surface area contributed by atoms with E-state index in [1.54, 1.807) is 4.68 Å². The number of rotatable bonds is 8. The molecule has 0 aliphatic rings. The zero-order chi connectivity index (χ0) is 16.0. The van der Waals surface area contributed by atoms with Crippen LogP contribution in [0.3, 0.4) is 0 Å². The van der Waals surface area contributed by atoms with Gasteiger partial charge in [0.25, 0.3) is 0 Å². The smallest absolute Gasteiger partial charge is 0.313 e. The Kier molecular flexibility index (Phi) is 7.00. The number of alkyl halides is 3. The van der Waals surface area contributed by atoms with E-state index in [1.165, 1.54) is 0 Å². The predicted octanol–water partition coefficient (Wildman–Crippen LogP) is 3.98. The van der Waals surface area contributed by atoms with Crippen LogP contribution < -0.4 is 5.32 Å². The van der Waals surface area contributed by atoms with Crippen LogP contribution in [0.25, 0.3) is 0 Å². The average Bonchev–Trinajstić information content (AvgIpc) is 2.71. The lowest BCUT2D eigenvalue weighted by molar-refractivity contribution is -0.140. The van der Waals surface area contributed by atoms with Gasteiger partial charge in [-0.1, -0.05) is 25.4 Å². The van der Waals surface area contributed by atoms with Gasteiger partial charge in [0.15, 0.2) is 0 Å². The molecule has 1 rings (SSSR count). The van der Waals surface area contributed by atoms with E-state index in [0.717, 1.165) is 12.1 Å². The van der Waals surface area contributed by atoms with Gasteiger partial charge in [0, 0.05) is 19.0 Å². The van der Waals surface area contributed by atoms with Gasteiger partial charge in [0.05, 0.1) is 22.8 Å². The fraction of sp³-hybridized carbons (Fsp3) is 0.786. The van der Waals surface area contributed by atoms with E-state index in [-0.39, 0.29) is 6.42 Å². The van der Waals surface area contributed by atoms with Gasteiger partial charge in [-0.3, -0.25) is 4.68 Å². The lowest BCUT2D eigenvalue weighted by atomic mass is 10.1. The third-order valence-electron chi connectivity index (χ3n) is 3.29. The number of hydrogen-bond donors (Lipinski definition) is 1. The van der Waals surface area contributed by atoms with Gasteiger partial charge in [-0.25, -0.2) is 0 Å². The number of halogens is 4. The average molecular weight is 326 g/mol. The van der Waals surface area contributed by atoms with Crippen molar-refractivity contribution >= 4 is 11.6 Å². The fourth-order valence-corrected chi connectivity index (χ4v) is 2.64. The van der Waals surface area contributed by atoms with Crippen molar-refractivity contribution in [3.63, 3.8) is 0 Å². The van der Waals surface area contributed by atoms with E-state index < -0.39 is 18.6 Å². The highest BCUT2D eigenvalue weighted by atomic mass is 35.5. The van der Waals surface area contributed by atoms with Crippen LogP contribution >= 0.6 is 11.6 Å². The molecule has 0 bridgehead atoms. The molecule has 7 heteroatoms. The molecule has 1 aromatic heterocycles. The van der Waals surface area contributed by atoms with E-state index in [0.29, 0.717) is 30.2 Å². The van der Waals surface area contributed by atoms with Crippen LogP contribution in [0.15, 0.2) is 0 Å². The molecule has 1 unspecified atom stereocenters. The third-order valence-corrected chi connectivity index (χ3v) is 3.73. The van der Waals surface area contributed by atoms with Crippen molar-refractivity contribution in [3.05, 3.63) is 16.4 Å². The van der Waals surface area contributed by atoms with Crippen LogP contribution in [0.5, 0.6) is 0 Å². The maximum atomic E-state index is 12.7. The standard InChI is InChI=1S/C14H23ClF3N3/c1-4-7-19-10(9-14(16,17)18)8-12-13(15)11(5-2)20-21(12)6-3/h10,19H,4-9H2,1-3H3. The highest BCUT2D eigenvalue weighted by Crippen LogP contribution is 2.27. The monoisotopic (exact) mass is 325 g/mol. The molecule has 122 valence electrons. The molecule has 0 radical (unpaired) electrons. The molecule has 1 heterocycles. The summed E-state index contributed by atoms with van der Waals surface area (Å²) in [6.07, 6.45) is -3.36. The second-order valence-electron chi connectivity index (χ2n) is 5.05. The van der Waals surface area contributed by atoms with E-state index in [4.69, 9.17) is 11.6 Å². The van der Waals surface area contributed by atoms with Crippen LogP contribution in [-0.4, -0.2) is 28.5 Å². The molecule has 0 amide bonds. The molecular formula is C14H23ClF3N3. The van der Waals surface area contributed by atoms with Crippen molar-refractivity contribution in [2.45, 2.75) is 65.2 Å². The minimum Gasteiger partial charge on any atom is -0.313 e. The van der Waals surface area contributed by atoms with Gasteiger partial charge < -0.3 is 5.32 Å². The first-order valence-corrected chi connectivity index (χ1v) is 7.74. The molecule has 0 fully saturated rings. The topological polar surface area (TPSA) is 29.9 Å². The normalized spacial score (nSPS) is 13.7. The quantitative estimate of drug-likeness (QED) is 0.783. The summed E-state index contributed by atoms with van der Waals surface area (Å²) in [5.74, 6) is 0. The second kappa shape index (κ2) is 8.03. The summed E-state index contributed by atoms with van der Waals surface area (Å²) in [5.41, 5.74) is 1.43. The van der Waals surface area contributed by atoms with Crippen LogP contribution in [0, 0.1) is 0 Å². The van der Waals surface area contributed by atoms with Crippen LogP contribution in [0.2, 0.25) is 5.02 Å². The number of hydrogen-bond acceptors (Lipinski definition) is 2. The molecular weight excluding hydrogens is 303 g/mol. The number of nitrogens with one attached hydrogen (secondary N) is 1. The Balaban J connectivity index is 2.93. The molecule has 0 aromatic carbocycles. The largest absolute Gasteiger partial charge is 0.390 e. The maximum absolute atomic E-state index is 12.7. The first kappa shape index (κ1) is 18.3. The third kappa shape index (κ3) is 5.51. The first-order chi connectivity index (χ1) is 9.82. The number of nitrogens with zero attached hydrogens (tertiary/aromatic N) is 2. The summed E-state index contributed by atoms with van der Waals surface area (Å²) in [6.45, 7) is 6.92. The molecule has 0 spiro atoms. The van der Waals surface area contributed by atoms with Gasteiger partial charge in [0.1, 0.15) is 0 Å². The summed E-state index contributed by atoms with van der Waals surface area (Å²) < 4.78 is 39.8. The van der Waals surface area contributed by atoms with Crippen molar-refractivity contribution in [3.8, 4) is 0 Å². The van der Waals surface area contributed by atoms with Crippen molar-refractivity contribution in [1.82, 2.24) is 15.1 Å². The molecule has 1 aromatic rings. The molecule has 0 saturated heterocycles. The second-order valence-corrected chi connectivity index (χ2v) is 5.43. The van der Waals surface area contributed by atoms with Crippen LogP contribution in [0.4, 0.5) is 13.2 Å². The van der Waals surface area contributed by atoms with E-state index >= 15 is 0 Å². The summed E-state index contributed by atoms with van der Waals surface area (Å²) >= 11 is 6.27. The lowest BCUT2D eigenvalue weighted by Crippen LogP contribution is -2.36. The molecule has 1 atom stereocenters. The van der Waals surface area contributed by atoms with Crippen LogP contribution in [-0.2, 0) is 19.4 Å². The Bertz CT molecular complexity index is 443. The number of aryl methyl sites for hydroxylation is 2. The fourth-order valence-electron chi connectivity index (χ4n) is 2.29. The SMILES string of the molecule is CCCNC(Cc1c(Cl)c(CC)nn1CC)CC(F)(F)F. The lowest BCUT2D eigenvalue weighted by Gasteiger charge is -2.20.